The molecule has 0 bridgehead atoms. The molecule has 1 aliphatic heterocycles. The van der Waals surface area contributed by atoms with E-state index in [1.54, 1.807) is 12.1 Å². The van der Waals surface area contributed by atoms with Crippen molar-refractivity contribution in [3.63, 3.8) is 0 Å². The number of carbonyl (C=O) groups is 1. The van der Waals surface area contributed by atoms with Gasteiger partial charge in [0.1, 0.15) is 5.75 Å². The third-order valence-electron chi connectivity index (χ3n) is 3.63. The summed E-state index contributed by atoms with van der Waals surface area (Å²) < 4.78 is 33.8. The van der Waals surface area contributed by atoms with Crippen LogP contribution < -0.4 is 10.1 Å². The highest BCUT2D eigenvalue weighted by atomic mass is 32.2. The monoisotopic (exact) mass is 345 g/mol. The van der Waals surface area contributed by atoms with Gasteiger partial charge >= 0.3 is 6.61 Å². The predicted octanol–water partition coefficient (Wildman–Crippen LogP) is 3.38. The lowest BCUT2D eigenvalue weighted by atomic mass is 10.1. The van der Waals surface area contributed by atoms with E-state index in [2.05, 4.69) is 10.1 Å². The zero-order chi connectivity index (χ0) is 16.7. The number of ether oxygens (including phenoxy) is 2. The van der Waals surface area contributed by atoms with E-state index in [1.807, 2.05) is 6.92 Å². The first kappa shape index (κ1) is 18.0. The maximum Gasteiger partial charge on any atom is 0.387 e. The summed E-state index contributed by atoms with van der Waals surface area (Å²) in [7, 11) is 0. The fraction of sp³-hybridized carbons (Fsp3) is 0.562. The Kier molecular flexibility index (Phi) is 7.11. The number of hydrogen-bond donors (Lipinski definition) is 1. The molecule has 1 N–H and O–H groups in total. The fourth-order valence-corrected chi connectivity index (χ4v) is 3.16. The van der Waals surface area contributed by atoms with Gasteiger partial charge in [0.05, 0.1) is 5.75 Å². The van der Waals surface area contributed by atoms with Crippen molar-refractivity contribution in [2.24, 2.45) is 0 Å². The minimum absolute atomic E-state index is 0.0198. The Hall–Kier alpha value is -1.34. The summed E-state index contributed by atoms with van der Waals surface area (Å²) in [5.41, 5.74) is 0.968. The van der Waals surface area contributed by atoms with E-state index >= 15 is 0 Å². The number of alkyl halides is 2. The zero-order valence-corrected chi connectivity index (χ0v) is 13.8. The lowest BCUT2D eigenvalue weighted by Gasteiger charge is -2.23. The first-order chi connectivity index (χ1) is 11.0. The minimum atomic E-state index is -2.82. The molecule has 0 radical (unpaired) electrons. The van der Waals surface area contributed by atoms with Crippen molar-refractivity contribution in [2.75, 3.05) is 19.0 Å². The van der Waals surface area contributed by atoms with Gasteiger partial charge in [-0.2, -0.15) is 8.78 Å². The van der Waals surface area contributed by atoms with Gasteiger partial charge in [0.2, 0.25) is 5.91 Å². The van der Waals surface area contributed by atoms with Crippen molar-refractivity contribution in [3.8, 4) is 5.75 Å². The van der Waals surface area contributed by atoms with Crippen molar-refractivity contribution >= 4 is 17.7 Å². The summed E-state index contributed by atoms with van der Waals surface area (Å²) in [6.45, 7) is 0.555. The summed E-state index contributed by atoms with van der Waals surface area (Å²) in [5, 5.41) is 3.11. The van der Waals surface area contributed by atoms with Gasteiger partial charge < -0.3 is 14.8 Å². The Morgan fingerprint density at radius 3 is 2.61 bits per heavy atom. The molecule has 1 amide bonds. The largest absolute Gasteiger partial charge is 0.435 e. The number of benzene rings is 1. The van der Waals surface area contributed by atoms with Gasteiger partial charge in [-0.3, -0.25) is 4.79 Å². The second kappa shape index (κ2) is 9.08. The smallest absolute Gasteiger partial charge is 0.387 e. The number of nitrogens with one attached hydrogen (secondary N) is 1. The highest BCUT2D eigenvalue weighted by Crippen LogP contribution is 2.29. The van der Waals surface area contributed by atoms with Crippen LogP contribution in [0.2, 0.25) is 0 Å². The van der Waals surface area contributed by atoms with Gasteiger partial charge in [0, 0.05) is 24.5 Å². The van der Waals surface area contributed by atoms with E-state index in [1.165, 1.54) is 23.9 Å². The molecule has 1 aromatic rings. The van der Waals surface area contributed by atoms with Crippen LogP contribution in [0.15, 0.2) is 24.3 Å². The zero-order valence-electron chi connectivity index (χ0n) is 13.0. The molecule has 1 heterocycles. The Morgan fingerprint density at radius 2 is 2.00 bits per heavy atom. The standard InChI is InChI=1S/C16H21F2NO3S/c1-11(12-2-4-14(5-3-12)22-16(17)18)23-10-15(20)19-13-6-8-21-9-7-13/h2-5,11,13,16H,6-10H2,1H3,(H,19,20)/t11-/m0/s1. The SMILES string of the molecule is C[C@H](SCC(=O)NC1CCOCC1)c1ccc(OC(F)F)cc1. The van der Waals surface area contributed by atoms with Crippen LogP contribution in [-0.4, -0.2) is 37.5 Å². The molecule has 0 spiro atoms. The lowest BCUT2D eigenvalue weighted by molar-refractivity contribution is -0.119. The van der Waals surface area contributed by atoms with E-state index in [0.717, 1.165) is 18.4 Å². The third kappa shape index (κ3) is 6.35. The molecule has 1 saturated heterocycles. The van der Waals surface area contributed by atoms with Crippen LogP contribution in [-0.2, 0) is 9.53 Å². The molecular weight excluding hydrogens is 324 g/mol. The molecule has 2 rings (SSSR count). The second-order valence-corrected chi connectivity index (χ2v) is 6.68. The number of halogens is 2. The molecule has 1 aliphatic rings. The second-order valence-electron chi connectivity index (χ2n) is 5.35. The van der Waals surface area contributed by atoms with Gasteiger partial charge in [0.25, 0.3) is 0 Å². The number of amides is 1. The molecule has 0 unspecified atom stereocenters. The quantitative estimate of drug-likeness (QED) is 0.823. The van der Waals surface area contributed by atoms with E-state index in [4.69, 9.17) is 4.74 Å². The van der Waals surface area contributed by atoms with Crippen LogP contribution in [0.5, 0.6) is 5.75 Å². The Morgan fingerprint density at radius 1 is 1.35 bits per heavy atom. The van der Waals surface area contributed by atoms with Crippen molar-refractivity contribution in [2.45, 2.75) is 37.7 Å². The van der Waals surface area contributed by atoms with E-state index in [9.17, 15) is 13.6 Å². The fourth-order valence-electron chi connectivity index (χ4n) is 2.33. The van der Waals surface area contributed by atoms with Gasteiger partial charge in [-0.25, -0.2) is 0 Å². The third-order valence-corrected chi connectivity index (χ3v) is 4.83. The average Bonchev–Trinajstić information content (AvgIpc) is 2.54. The normalized spacial score (nSPS) is 17.0. The van der Waals surface area contributed by atoms with Crippen LogP contribution in [0.1, 0.15) is 30.6 Å². The van der Waals surface area contributed by atoms with E-state index in [-0.39, 0.29) is 22.9 Å². The minimum Gasteiger partial charge on any atom is -0.435 e. The summed E-state index contributed by atoms with van der Waals surface area (Å²) in [6.07, 6.45) is 1.72. The summed E-state index contributed by atoms with van der Waals surface area (Å²) in [6, 6.07) is 6.72. The molecular formula is C16H21F2NO3S. The Labute approximate surface area is 138 Å². The maximum absolute atomic E-state index is 12.1. The van der Waals surface area contributed by atoms with E-state index < -0.39 is 6.61 Å². The van der Waals surface area contributed by atoms with Gasteiger partial charge in [-0.1, -0.05) is 12.1 Å². The summed E-state index contributed by atoms with van der Waals surface area (Å²) in [5.74, 6) is 0.526. The highest BCUT2D eigenvalue weighted by molar-refractivity contribution is 8.00. The molecule has 1 fully saturated rings. The Bertz CT molecular complexity index is 493. The van der Waals surface area contributed by atoms with Crippen LogP contribution in [0, 0.1) is 0 Å². The first-order valence-electron chi connectivity index (χ1n) is 7.58. The predicted molar refractivity (Wildman–Crippen MR) is 85.9 cm³/mol. The van der Waals surface area contributed by atoms with Gasteiger partial charge in [0.15, 0.2) is 0 Å². The number of carbonyl (C=O) groups excluding carboxylic acids is 1. The molecule has 0 saturated carbocycles. The van der Waals surface area contributed by atoms with Gasteiger partial charge in [-0.05, 0) is 37.5 Å². The molecule has 128 valence electrons. The molecule has 1 aromatic carbocycles. The molecule has 7 heteroatoms. The molecule has 0 aliphatic carbocycles. The molecule has 1 atom stereocenters. The van der Waals surface area contributed by atoms with Crippen molar-refractivity contribution in [3.05, 3.63) is 29.8 Å². The molecule has 0 aromatic heterocycles. The summed E-state index contributed by atoms with van der Waals surface area (Å²) >= 11 is 1.51. The molecule has 4 nitrogen and oxygen atoms in total. The Balaban J connectivity index is 1.75. The van der Waals surface area contributed by atoms with Crippen LogP contribution in [0.25, 0.3) is 0 Å². The van der Waals surface area contributed by atoms with Crippen molar-refractivity contribution < 1.29 is 23.0 Å². The van der Waals surface area contributed by atoms with Crippen molar-refractivity contribution in [1.82, 2.24) is 5.32 Å². The summed E-state index contributed by atoms with van der Waals surface area (Å²) in [4.78, 5) is 11.9. The van der Waals surface area contributed by atoms with Crippen LogP contribution in [0.3, 0.4) is 0 Å². The topological polar surface area (TPSA) is 47.6 Å². The highest BCUT2D eigenvalue weighted by Gasteiger charge is 2.17. The number of rotatable bonds is 7. The number of hydrogen-bond acceptors (Lipinski definition) is 4. The van der Waals surface area contributed by atoms with E-state index in [0.29, 0.717) is 19.0 Å². The van der Waals surface area contributed by atoms with Crippen molar-refractivity contribution in [1.29, 1.82) is 0 Å². The molecule has 23 heavy (non-hydrogen) atoms. The number of thioether (sulfide) groups is 1. The van der Waals surface area contributed by atoms with Crippen LogP contribution in [0.4, 0.5) is 8.78 Å². The first-order valence-corrected chi connectivity index (χ1v) is 8.63. The van der Waals surface area contributed by atoms with Crippen LogP contribution >= 0.6 is 11.8 Å². The van der Waals surface area contributed by atoms with Gasteiger partial charge in [-0.15, -0.1) is 11.8 Å². The average molecular weight is 345 g/mol. The lowest BCUT2D eigenvalue weighted by Crippen LogP contribution is -2.39. The maximum atomic E-state index is 12.1.